The maximum Gasteiger partial charge on any atom is 0.0786 e. The first-order chi connectivity index (χ1) is 14.2. The van der Waals surface area contributed by atoms with E-state index in [1.165, 1.54) is 159 Å². The largest absolute Gasteiger partial charge is 1.00 e. The van der Waals surface area contributed by atoms with E-state index in [0.717, 1.165) is 0 Å². The highest BCUT2D eigenvalue weighted by Gasteiger charge is 2.25. The molecule has 1 nitrogen and oxygen atoms in total. The second-order valence-electron chi connectivity index (χ2n) is 9.89. The van der Waals surface area contributed by atoms with Crippen LogP contribution in [-0.2, 0) is 0 Å². The van der Waals surface area contributed by atoms with Crippen molar-refractivity contribution in [3.8, 4) is 0 Å². The summed E-state index contributed by atoms with van der Waals surface area (Å²) in [4.78, 5) is 0. The van der Waals surface area contributed by atoms with Gasteiger partial charge in [-0.15, -0.1) is 0 Å². The molecule has 0 bridgehead atoms. The minimum Gasteiger partial charge on any atom is -1.00 e. The van der Waals surface area contributed by atoms with Crippen LogP contribution in [0.15, 0.2) is 0 Å². The molecule has 0 saturated heterocycles. The van der Waals surface area contributed by atoms with Gasteiger partial charge in [-0.05, 0) is 51.4 Å². The monoisotopic (exact) mass is 489 g/mol. The van der Waals surface area contributed by atoms with Crippen molar-refractivity contribution in [3.05, 3.63) is 0 Å². The van der Waals surface area contributed by atoms with Crippen LogP contribution in [0, 0.1) is 0 Å². The van der Waals surface area contributed by atoms with Crippen molar-refractivity contribution in [2.75, 3.05) is 26.2 Å². The Balaban J connectivity index is 0. The Bertz CT molecular complexity index is 244. The topological polar surface area (TPSA) is 0 Å². The van der Waals surface area contributed by atoms with Crippen LogP contribution in [0.2, 0.25) is 0 Å². The summed E-state index contributed by atoms with van der Waals surface area (Å²) in [6.07, 6.45) is 28.8. The molecular formula is C28H60BrN. The summed E-state index contributed by atoms with van der Waals surface area (Å²) in [6.45, 7) is 15.2. The van der Waals surface area contributed by atoms with E-state index in [1.807, 2.05) is 0 Å². The molecule has 0 saturated carbocycles. The molecule has 0 aliphatic rings. The third kappa shape index (κ3) is 20.3. The molecule has 0 rings (SSSR count). The van der Waals surface area contributed by atoms with E-state index in [9.17, 15) is 0 Å². The molecule has 0 heterocycles. The van der Waals surface area contributed by atoms with Gasteiger partial charge >= 0.3 is 0 Å². The van der Waals surface area contributed by atoms with Gasteiger partial charge < -0.3 is 21.5 Å². The summed E-state index contributed by atoms with van der Waals surface area (Å²) < 4.78 is 1.47. The molecule has 0 spiro atoms. The predicted octanol–water partition coefficient (Wildman–Crippen LogP) is 6.69. The molecule has 0 aromatic carbocycles. The number of rotatable bonds is 24. The minimum atomic E-state index is 0. The summed E-state index contributed by atoms with van der Waals surface area (Å²) in [5.41, 5.74) is 0. The van der Waals surface area contributed by atoms with E-state index in [2.05, 4.69) is 27.7 Å². The normalized spacial score (nSPS) is 11.6. The zero-order valence-corrected chi connectivity index (χ0v) is 23.4. The summed E-state index contributed by atoms with van der Waals surface area (Å²) >= 11 is 0. The Labute approximate surface area is 203 Å². The maximum atomic E-state index is 2.34. The van der Waals surface area contributed by atoms with Gasteiger partial charge in [-0.25, -0.2) is 0 Å². The van der Waals surface area contributed by atoms with Crippen LogP contribution in [0.4, 0.5) is 0 Å². The van der Waals surface area contributed by atoms with E-state index in [-0.39, 0.29) is 17.0 Å². The second kappa shape index (κ2) is 25.7. The minimum absolute atomic E-state index is 0. The molecule has 0 N–H and O–H groups in total. The molecule has 2 heteroatoms. The highest BCUT2D eigenvalue weighted by Crippen LogP contribution is 2.20. The number of hydrogen-bond acceptors (Lipinski definition) is 0. The van der Waals surface area contributed by atoms with Gasteiger partial charge in [-0.1, -0.05) is 105 Å². The Morgan fingerprint density at radius 2 is 0.500 bits per heavy atom. The molecule has 0 amide bonds. The van der Waals surface area contributed by atoms with Crippen LogP contribution in [0.25, 0.3) is 0 Å². The summed E-state index contributed by atoms with van der Waals surface area (Å²) in [7, 11) is 0. The average molecular weight is 491 g/mol. The molecule has 0 aromatic rings. The first-order valence-corrected chi connectivity index (χ1v) is 14.1. The van der Waals surface area contributed by atoms with Crippen molar-refractivity contribution >= 4 is 0 Å². The lowest BCUT2D eigenvalue weighted by Crippen LogP contribution is -3.00. The lowest BCUT2D eigenvalue weighted by Gasteiger charge is -2.39. The van der Waals surface area contributed by atoms with Gasteiger partial charge in [0.05, 0.1) is 26.2 Å². The third-order valence-electron chi connectivity index (χ3n) is 6.94. The highest BCUT2D eigenvalue weighted by atomic mass is 79.9. The van der Waals surface area contributed by atoms with Crippen LogP contribution in [0.5, 0.6) is 0 Å². The molecule has 0 fully saturated rings. The maximum absolute atomic E-state index is 2.34. The SMILES string of the molecule is CCCCCCC[N+](CCCCCCC)(CCCCCCC)CCCCCCC.[Br-]. The van der Waals surface area contributed by atoms with E-state index < -0.39 is 0 Å². The number of unbranched alkanes of at least 4 members (excludes halogenated alkanes) is 16. The summed E-state index contributed by atoms with van der Waals surface area (Å²) in [5.74, 6) is 0. The number of quaternary nitrogens is 1. The smallest absolute Gasteiger partial charge is 0.0786 e. The third-order valence-corrected chi connectivity index (χ3v) is 6.94. The standard InChI is InChI=1S/C28H60N.BrH/c1-5-9-13-17-21-25-29(26-22-18-14-10-6-2,27-23-19-15-11-7-3)28-24-20-16-12-8-4;/h5-28H2,1-4H3;1H/q+1;/p-1. The van der Waals surface area contributed by atoms with Crippen LogP contribution < -0.4 is 17.0 Å². The van der Waals surface area contributed by atoms with Crippen molar-refractivity contribution in [3.63, 3.8) is 0 Å². The number of hydrogen-bond donors (Lipinski definition) is 0. The fourth-order valence-corrected chi connectivity index (χ4v) is 4.87. The van der Waals surface area contributed by atoms with Crippen LogP contribution >= 0.6 is 0 Å². The lowest BCUT2D eigenvalue weighted by atomic mass is 10.1. The fraction of sp³-hybridized carbons (Fsp3) is 1.00. The molecule has 0 aromatic heterocycles. The van der Waals surface area contributed by atoms with Crippen molar-refractivity contribution in [1.82, 2.24) is 0 Å². The summed E-state index contributed by atoms with van der Waals surface area (Å²) in [6, 6.07) is 0. The van der Waals surface area contributed by atoms with Crippen LogP contribution in [-0.4, -0.2) is 30.7 Å². The van der Waals surface area contributed by atoms with E-state index in [4.69, 9.17) is 0 Å². The van der Waals surface area contributed by atoms with Crippen LogP contribution in [0.3, 0.4) is 0 Å². The molecule has 0 unspecified atom stereocenters. The Morgan fingerprint density at radius 1 is 0.300 bits per heavy atom. The van der Waals surface area contributed by atoms with Gasteiger partial charge in [0, 0.05) is 0 Å². The fourth-order valence-electron chi connectivity index (χ4n) is 4.87. The van der Waals surface area contributed by atoms with Crippen molar-refractivity contribution in [1.29, 1.82) is 0 Å². The molecule has 0 atom stereocenters. The molecular weight excluding hydrogens is 430 g/mol. The van der Waals surface area contributed by atoms with E-state index in [1.54, 1.807) is 0 Å². The van der Waals surface area contributed by atoms with Gasteiger partial charge in [0.15, 0.2) is 0 Å². The highest BCUT2D eigenvalue weighted by molar-refractivity contribution is 4.54. The van der Waals surface area contributed by atoms with E-state index in [0.29, 0.717) is 0 Å². The van der Waals surface area contributed by atoms with Gasteiger partial charge in [0.2, 0.25) is 0 Å². The van der Waals surface area contributed by atoms with Gasteiger partial charge in [-0.2, -0.15) is 0 Å². The van der Waals surface area contributed by atoms with Gasteiger partial charge in [-0.3, -0.25) is 0 Å². The molecule has 30 heavy (non-hydrogen) atoms. The number of nitrogens with zero attached hydrogens (tertiary/aromatic N) is 1. The van der Waals surface area contributed by atoms with Crippen molar-refractivity contribution in [2.45, 2.75) is 156 Å². The molecule has 0 aliphatic heterocycles. The first kappa shape index (κ1) is 32.6. The molecule has 184 valence electrons. The Hall–Kier alpha value is 0.440. The van der Waals surface area contributed by atoms with E-state index >= 15 is 0 Å². The lowest BCUT2D eigenvalue weighted by molar-refractivity contribution is -0.929. The Kier molecular flexibility index (Phi) is 27.9. The van der Waals surface area contributed by atoms with Crippen molar-refractivity contribution < 1.29 is 21.5 Å². The zero-order valence-electron chi connectivity index (χ0n) is 21.8. The van der Waals surface area contributed by atoms with Gasteiger partial charge in [0.25, 0.3) is 0 Å². The zero-order chi connectivity index (χ0) is 21.5. The Morgan fingerprint density at radius 3 is 0.700 bits per heavy atom. The summed E-state index contributed by atoms with van der Waals surface area (Å²) in [5, 5.41) is 0. The molecule has 0 radical (unpaired) electrons. The van der Waals surface area contributed by atoms with Crippen molar-refractivity contribution in [2.24, 2.45) is 0 Å². The molecule has 0 aliphatic carbocycles. The predicted molar refractivity (Wildman–Crippen MR) is 135 cm³/mol. The quantitative estimate of drug-likeness (QED) is 0.104. The second-order valence-corrected chi connectivity index (χ2v) is 9.89. The average Bonchev–Trinajstić information content (AvgIpc) is 2.73. The first-order valence-electron chi connectivity index (χ1n) is 14.1. The number of halogens is 1. The van der Waals surface area contributed by atoms with Gasteiger partial charge in [0.1, 0.15) is 0 Å². The van der Waals surface area contributed by atoms with Crippen LogP contribution in [0.1, 0.15) is 156 Å².